The maximum Gasteiger partial charge on any atom is 0.264 e. The second-order valence-corrected chi connectivity index (χ2v) is 4.72. The summed E-state index contributed by atoms with van der Waals surface area (Å²) in [5, 5.41) is 2.13. The number of nitrogens with zero attached hydrogens (tertiary/aromatic N) is 1. The van der Waals surface area contributed by atoms with Crippen LogP contribution in [0.1, 0.15) is 33.6 Å². The molecule has 1 aromatic carbocycles. The van der Waals surface area contributed by atoms with Crippen LogP contribution in [0, 0.1) is 0 Å². The molecule has 0 radical (unpaired) electrons. The Labute approximate surface area is 113 Å². The highest BCUT2D eigenvalue weighted by atomic mass is 16.2. The number of anilines is 1. The van der Waals surface area contributed by atoms with Gasteiger partial charge in [-0.05, 0) is 18.6 Å². The highest BCUT2D eigenvalue weighted by molar-refractivity contribution is 6.25. The number of carbonyl (C=O) groups is 4. The van der Waals surface area contributed by atoms with Crippen LogP contribution in [0.15, 0.2) is 18.2 Å². The maximum absolute atomic E-state index is 12.3. The molecule has 2 heterocycles. The van der Waals surface area contributed by atoms with E-state index in [0.717, 1.165) is 4.90 Å². The van der Waals surface area contributed by atoms with Gasteiger partial charge in [0.05, 0.1) is 11.1 Å². The van der Waals surface area contributed by atoms with Gasteiger partial charge in [0, 0.05) is 12.1 Å². The van der Waals surface area contributed by atoms with Crippen molar-refractivity contribution in [1.29, 1.82) is 0 Å². The van der Waals surface area contributed by atoms with Crippen molar-refractivity contribution < 1.29 is 19.2 Å². The second kappa shape index (κ2) is 4.16. The van der Waals surface area contributed by atoms with Crippen molar-refractivity contribution in [3.05, 3.63) is 29.3 Å². The van der Waals surface area contributed by atoms with Gasteiger partial charge in [-0.25, -0.2) is 0 Å². The van der Waals surface area contributed by atoms with E-state index in [9.17, 15) is 19.2 Å². The van der Waals surface area contributed by atoms with Gasteiger partial charge in [-0.3, -0.25) is 29.4 Å². The van der Waals surface area contributed by atoms with Crippen LogP contribution in [0.3, 0.4) is 0 Å². The molecule has 0 spiro atoms. The summed E-state index contributed by atoms with van der Waals surface area (Å²) in [6.07, 6.45) is 0.231. The Morgan fingerprint density at radius 2 is 1.90 bits per heavy atom. The lowest BCUT2D eigenvalue weighted by Crippen LogP contribution is -2.54. The molecule has 0 aromatic heterocycles. The van der Waals surface area contributed by atoms with Crippen LogP contribution in [-0.4, -0.2) is 34.6 Å². The van der Waals surface area contributed by atoms with Crippen molar-refractivity contribution in [3.8, 4) is 0 Å². The van der Waals surface area contributed by atoms with Gasteiger partial charge in [0.1, 0.15) is 6.04 Å². The maximum atomic E-state index is 12.3. The number of benzene rings is 1. The molecule has 1 fully saturated rings. The molecule has 2 aliphatic rings. The topological polar surface area (TPSA) is 110 Å². The first kappa shape index (κ1) is 12.3. The number of amides is 4. The second-order valence-electron chi connectivity index (χ2n) is 4.72. The number of piperidine rings is 1. The molecule has 3 N–H and O–H groups in total. The summed E-state index contributed by atoms with van der Waals surface area (Å²) in [4.78, 5) is 48.4. The lowest BCUT2D eigenvalue weighted by Gasteiger charge is -2.27. The normalized spacial score (nSPS) is 22.0. The van der Waals surface area contributed by atoms with E-state index >= 15 is 0 Å². The molecule has 3 rings (SSSR count). The molecule has 7 nitrogen and oxygen atoms in total. The predicted molar refractivity (Wildman–Crippen MR) is 67.5 cm³/mol. The average molecular weight is 273 g/mol. The van der Waals surface area contributed by atoms with Gasteiger partial charge in [0.2, 0.25) is 11.8 Å². The minimum Gasteiger partial charge on any atom is -0.398 e. The van der Waals surface area contributed by atoms with Gasteiger partial charge >= 0.3 is 0 Å². The Bertz CT molecular complexity index is 668. The molecule has 1 atom stereocenters. The van der Waals surface area contributed by atoms with E-state index in [4.69, 9.17) is 5.73 Å². The Balaban J connectivity index is 2.00. The van der Waals surface area contributed by atoms with Crippen LogP contribution in [-0.2, 0) is 9.59 Å². The zero-order valence-corrected chi connectivity index (χ0v) is 10.4. The lowest BCUT2D eigenvalue weighted by atomic mass is 10.0. The van der Waals surface area contributed by atoms with Crippen LogP contribution in [0.4, 0.5) is 5.69 Å². The SMILES string of the molecule is Nc1cccc2c1C(=O)N([C@@H]1CCC(=O)NC1=O)C2=O. The standard InChI is InChI=1S/C13H11N3O4/c14-7-3-1-2-6-10(7)13(20)16(12(6)19)8-4-5-9(17)15-11(8)18/h1-3,8H,4-5,14H2,(H,15,17,18)/t8-/m1/s1. The first-order valence-corrected chi connectivity index (χ1v) is 6.11. The zero-order chi connectivity index (χ0) is 14.4. The molecule has 20 heavy (non-hydrogen) atoms. The third kappa shape index (κ3) is 1.59. The van der Waals surface area contributed by atoms with Crippen molar-refractivity contribution in [3.63, 3.8) is 0 Å². The number of fused-ring (bicyclic) bond motifs is 1. The summed E-state index contributed by atoms with van der Waals surface area (Å²) in [7, 11) is 0. The third-order valence-corrected chi connectivity index (χ3v) is 3.50. The number of hydrogen-bond donors (Lipinski definition) is 2. The van der Waals surface area contributed by atoms with E-state index < -0.39 is 29.7 Å². The molecule has 0 bridgehead atoms. The van der Waals surface area contributed by atoms with E-state index in [1.165, 1.54) is 12.1 Å². The summed E-state index contributed by atoms with van der Waals surface area (Å²) in [5.74, 6) is -2.17. The summed E-state index contributed by atoms with van der Waals surface area (Å²) in [6.45, 7) is 0. The minimum atomic E-state index is -0.959. The van der Waals surface area contributed by atoms with Crippen LogP contribution in [0.5, 0.6) is 0 Å². The first-order chi connectivity index (χ1) is 9.50. The van der Waals surface area contributed by atoms with E-state index in [1.807, 2.05) is 0 Å². The molecule has 7 heteroatoms. The third-order valence-electron chi connectivity index (χ3n) is 3.50. The Morgan fingerprint density at radius 1 is 1.15 bits per heavy atom. The Kier molecular flexibility index (Phi) is 2.56. The fourth-order valence-electron chi connectivity index (χ4n) is 2.54. The summed E-state index contributed by atoms with van der Waals surface area (Å²) >= 11 is 0. The number of imide groups is 2. The molecule has 0 saturated carbocycles. The first-order valence-electron chi connectivity index (χ1n) is 6.11. The quantitative estimate of drug-likeness (QED) is 0.538. The van der Waals surface area contributed by atoms with Gasteiger partial charge in [0.25, 0.3) is 11.8 Å². The molecular formula is C13H11N3O4. The molecule has 0 aliphatic carbocycles. The highest BCUT2D eigenvalue weighted by Gasteiger charge is 2.45. The molecule has 102 valence electrons. The molecule has 0 unspecified atom stereocenters. The molecular weight excluding hydrogens is 262 g/mol. The van der Waals surface area contributed by atoms with Crippen molar-refractivity contribution in [2.75, 3.05) is 5.73 Å². The van der Waals surface area contributed by atoms with Crippen molar-refractivity contribution in [2.45, 2.75) is 18.9 Å². The highest BCUT2D eigenvalue weighted by Crippen LogP contribution is 2.30. The number of hydrogen-bond acceptors (Lipinski definition) is 5. The smallest absolute Gasteiger partial charge is 0.264 e. The Morgan fingerprint density at radius 3 is 2.55 bits per heavy atom. The average Bonchev–Trinajstić information content (AvgIpc) is 2.64. The van der Waals surface area contributed by atoms with Gasteiger partial charge in [-0.1, -0.05) is 6.07 Å². The van der Waals surface area contributed by atoms with Crippen LogP contribution >= 0.6 is 0 Å². The zero-order valence-electron chi connectivity index (χ0n) is 10.4. The largest absolute Gasteiger partial charge is 0.398 e. The Hall–Kier alpha value is -2.70. The van der Waals surface area contributed by atoms with Gasteiger partial charge < -0.3 is 5.73 Å². The van der Waals surface area contributed by atoms with E-state index in [0.29, 0.717) is 0 Å². The van der Waals surface area contributed by atoms with Crippen LogP contribution in [0.25, 0.3) is 0 Å². The molecule has 2 aliphatic heterocycles. The van der Waals surface area contributed by atoms with Crippen molar-refractivity contribution in [1.82, 2.24) is 10.2 Å². The lowest BCUT2D eigenvalue weighted by molar-refractivity contribution is -0.136. The number of rotatable bonds is 1. The predicted octanol–water partition coefficient (Wildman–Crippen LogP) is -0.330. The van der Waals surface area contributed by atoms with Gasteiger partial charge in [-0.2, -0.15) is 0 Å². The molecule has 1 aromatic rings. The van der Waals surface area contributed by atoms with E-state index in [-0.39, 0.29) is 29.7 Å². The van der Waals surface area contributed by atoms with Crippen molar-refractivity contribution in [2.24, 2.45) is 0 Å². The number of carbonyl (C=O) groups excluding carboxylic acids is 4. The fourth-order valence-corrected chi connectivity index (χ4v) is 2.54. The van der Waals surface area contributed by atoms with Gasteiger partial charge in [-0.15, -0.1) is 0 Å². The molecule has 4 amide bonds. The number of nitrogen functional groups attached to an aromatic ring is 1. The van der Waals surface area contributed by atoms with E-state index in [1.54, 1.807) is 6.07 Å². The van der Waals surface area contributed by atoms with Gasteiger partial charge in [0.15, 0.2) is 0 Å². The van der Waals surface area contributed by atoms with E-state index in [2.05, 4.69) is 5.32 Å². The fraction of sp³-hybridized carbons (Fsp3) is 0.231. The monoisotopic (exact) mass is 273 g/mol. The number of nitrogens with one attached hydrogen (secondary N) is 1. The molecule has 1 saturated heterocycles. The summed E-state index contributed by atoms with van der Waals surface area (Å²) in [6, 6.07) is 3.64. The summed E-state index contributed by atoms with van der Waals surface area (Å²) in [5.41, 5.74) is 6.24. The van der Waals surface area contributed by atoms with Crippen LogP contribution < -0.4 is 11.1 Å². The summed E-state index contributed by atoms with van der Waals surface area (Å²) < 4.78 is 0. The number of nitrogens with two attached hydrogens (primary N) is 1. The van der Waals surface area contributed by atoms with Crippen LogP contribution in [0.2, 0.25) is 0 Å². The van der Waals surface area contributed by atoms with Crippen molar-refractivity contribution >= 4 is 29.3 Å². The minimum absolute atomic E-state index is 0.0965.